The minimum atomic E-state index is -0.993. The molecule has 0 atom stereocenters. The number of carboxylic acid groups (broad SMARTS) is 1. The van der Waals surface area contributed by atoms with E-state index >= 15 is 0 Å². The molecular formula is C15H21ClN2O3. The largest absolute Gasteiger partial charge is 0.480 e. The first-order valence-electron chi connectivity index (χ1n) is 6.77. The molecule has 0 spiro atoms. The van der Waals surface area contributed by atoms with E-state index in [9.17, 15) is 9.59 Å². The molecule has 21 heavy (non-hydrogen) atoms. The van der Waals surface area contributed by atoms with Crippen molar-refractivity contribution in [1.29, 1.82) is 0 Å². The van der Waals surface area contributed by atoms with Gasteiger partial charge in [0.15, 0.2) is 0 Å². The highest BCUT2D eigenvalue weighted by molar-refractivity contribution is 6.30. The van der Waals surface area contributed by atoms with Crippen molar-refractivity contribution in [3.63, 3.8) is 0 Å². The quantitative estimate of drug-likeness (QED) is 0.811. The van der Waals surface area contributed by atoms with Gasteiger partial charge in [0, 0.05) is 16.2 Å². The molecule has 0 aliphatic carbocycles. The van der Waals surface area contributed by atoms with Crippen LogP contribution in [0.4, 0.5) is 5.69 Å². The number of carbonyl (C=O) groups is 2. The molecule has 0 aliphatic rings. The smallest absolute Gasteiger partial charge is 0.323 e. The predicted octanol–water partition coefficient (Wildman–Crippen LogP) is 2.54. The molecule has 0 saturated carbocycles. The summed E-state index contributed by atoms with van der Waals surface area (Å²) in [6.45, 7) is 5.57. The maximum Gasteiger partial charge on any atom is 0.323 e. The lowest BCUT2D eigenvalue weighted by Crippen LogP contribution is -2.48. The summed E-state index contributed by atoms with van der Waals surface area (Å²) in [6, 6.07) is 6.73. The second-order valence-corrected chi connectivity index (χ2v) is 5.95. The van der Waals surface area contributed by atoms with E-state index in [4.69, 9.17) is 16.7 Å². The van der Waals surface area contributed by atoms with Gasteiger partial charge in [-0.15, -0.1) is 0 Å². The number of rotatable bonds is 7. The molecule has 0 saturated heterocycles. The van der Waals surface area contributed by atoms with E-state index in [0.717, 1.165) is 6.42 Å². The highest BCUT2D eigenvalue weighted by Gasteiger charge is 2.21. The van der Waals surface area contributed by atoms with E-state index in [1.165, 1.54) is 4.90 Å². The fourth-order valence-corrected chi connectivity index (χ4v) is 1.86. The normalized spacial score (nSPS) is 11.0. The number of nitrogens with one attached hydrogen (secondary N) is 1. The molecule has 1 rings (SSSR count). The van der Waals surface area contributed by atoms with Gasteiger partial charge in [-0.3, -0.25) is 9.59 Å². The first-order valence-corrected chi connectivity index (χ1v) is 7.14. The molecule has 1 aromatic carbocycles. The Labute approximate surface area is 129 Å². The second-order valence-electron chi connectivity index (χ2n) is 5.51. The lowest BCUT2D eigenvalue weighted by atomic mass is 10.0. The number of amides is 1. The third kappa shape index (κ3) is 6.04. The van der Waals surface area contributed by atoms with Gasteiger partial charge in [0.05, 0.1) is 6.54 Å². The summed E-state index contributed by atoms with van der Waals surface area (Å²) in [7, 11) is 0. The van der Waals surface area contributed by atoms with Crippen LogP contribution in [0.2, 0.25) is 5.02 Å². The highest BCUT2D eigenvalue weighted by atomic mass is 35.5. The van der Waals surface area contributed by atoms with Crippen molar-refractivity contribution in [2.75, 3.05) is 18.0 Å². The summed E-state index contributed by atoms with van der Waals surface area (Å²) in [5.41, 5.74) is 0.331. The van der Waals surface area contributed by atoms with Gasteiger partial charge >= 0.3 is 5.97 Å². The van der Waals surface area contributed by atoms with E-state index < -0.39 is 5.97 Å². The summed E-state index contributed by atoms with van der Waals surface area (Å²) >= 11 is 5.82. The van der Waals surface area contributed by atoms with Crippen LogP contribution in [-0.4, -0.2) is 35.6 Å². The van der Waals surface area contributed by atoms with Gasteiger partial charge in [0.25, 0.3) is 0 Å². The standard InChI is InChI=1S/C15H21ClN2O3/c1-4-15(2,3)17-13(19)9-18(10-14(20)21)12-7-5-11(16)6-8-12/h5-8H,4,9-10H2,1-3H3,(H,17,19)(H,20,21). The molecule has 5 nitrogen and oxygen atoms in total. The van der Waals surface area contributed by atoms with E-state index in [-0.39, 0.29) is 24.5 Å². The molecule has 116 valence electrons. The summed E-state index contributed by atoms with van der Waals surface area (Å²) in [5, 5.41) is 12.4. The number of aliphatic carboxylic acids is 1. The van der Waals surface area contributed by atoms with Gasteiger partial charge in [-0.25, -0.2) is 0 Å². The molecule has 6 heteroatoms. The van der Waals surface area contributed by atoms with Crippen molar-refractivity contribution in [1.82, 2.24) is 5.32 Å². The van der Waals surface area contributed by atoms with Gasteiger partial charge in [0.2, 0.25) is 5.91 Å². The van der Waals surface area contributed by atoms with Gasteiger partial charge in [-0.1, -0.05) is 18.5 Å². The first-order chi connectivity index (χ1) is 9.73. The van der Waals surface area contributed by atoms with Crippen LogP contribution in [0.15, 0.2) is 24.3 Å². The maximum absolute atomic E-state index is 12.1. The van der Waals surface area contributed by atoms with Crippen molar-refractivity contribution in [2.24, 2.45) is 0 Å². The third-order valence-electron chi connectivity index (χ3n) is 3.21. The van der Waals surface area contributed by atoms with Gasteiger partial charge in [-0.05, 0) is 44.5 Å². The zero-order chi connectivity index (χ0) is 16.0. The zero-order valence-electron chi connectivity index (χ0n) is 12.5. The second kappa shape index (κ2) is 7.31. The molecule has 2 N–H and O–H groups in total. The molecule has 0 fully saturated rings. The number of hydrogen-bond acceptors (Lipinski definition) is 3. The van der Waals surface area contributed by atoms with E-state index in [2.05, 4.69) is 5.32 Å². The Kier molecular flexibility index (Phi) is 6.03. The van der Waals surface area contributed by atoms with Crippen molar-refractivity contribution in [3.05, 3.63) is 29.3 Å². The molecule has 0 heterocycles. The molecule has 0 aliphatic heterocycles. The van der Waals surface area contributed by atoms with E-state index in [1.807, 2.05) is 20.8 Å². The SMILES string of the molecule is CCC(C)(C)NC(=O)CN(CC(=O)O)c1ccc(Cl)cc1. The predicted molar refractivity (Wildman–Crippen MR) is 83.8 cm³/mol. The van der Waals surface area contributed by atoms with Crippen LogP contribution in [0, 0.1) is 0 Å². The Morgan fingerprint density at radius 3 is 2.29 bits per heavy atom. The van der Waals surface area contributed by atoms with Gasteiger partial charge in [0.1, 0.15) is 6.54 Å². The minimum Gasteiger partial charge on any atom is -0.480 e. The van der Waals surface area contributed by atoms with Crippen LogP contribution < -0.4 is 10.2 Å². The third-order valence-corrected chi connectivity index (χ3v) is 3.47. The molecule has 0 unspecified atom stereocenters. The number of nitrogens with zero attached hydrogens (tertiary/aromatic N) is 1. The van der Waals surface area contributed by atoms with E-state index in [0.29, 0.717) is 10.7 Å². The number of benzene rings is 1. The molecule has 0 aromatic heterocycles. The Bertz CT molecular complexity index is 500. The number of carboxylic acids is 1. The topological polar surface area (TPSA) is 69.6 Å². The molecular weight excluding hydrogens is 292 g/mol. The van der Waals surface area contributed by atoms with Crippen LogP contribution in [0.5, 0.6) is 0 Å². The highest BCUT2D eigenvalue weighted by Crippen LogP contribution is 2.18. The fraction of sp³-hybridized carbons (Fsp3) is 0.467. The number of hydrogen-bond donors (Lipinski definition) is 2. The summed E-state index contributed by atoms with van der Waals surface area (Å²) in [5.74, 6) is -1.20. The summed E-state index contributed by atoms with van der Waals surface area (Å²) < 4.78 is 0. The van der Waals surface area contributed by atoms with Crippen molar-refractivity contribution in [3.8, 4) is 0 Å². The van der Waals surface area contributed by atoms with Crippen molar-refractivity contribution < 1.29 is 14.7 Å². The average Bonchev–Trinajstić information content (AvgIpc) is 2.37. The molecule has 0 bridgehead atoms. The minimum absolute atomic E-state index is 0.0165. The van der Waals surface area contributed by atoms with Gasteiger partial charge < -0.3 is 15.3 Å². The average molecular weight is 313 g/mol. The van der Waals surface area contributed by atoms with E-state index in [1.54, 1.807) is 24.3 Å². The molecule has 1 aromatic rings. The fourth-order valence-electron chi connectivity index (χ4n) is 1.73. The molecule has 0 radical (unpaired) electrons. The van der Waals surface area contributed by atoms with Crippen molar-refractivity contribution in [2.45, 2.75) is 32.7 Å². The van der Waals surface area contributed by atoms with Crippen LogP contribution in [0.1, 0.15) is 27.2 Å². The first kappa shape index (κ1) is 17.3. The van der Waals surface area contributed by atoms with Crippen LogP contribution in [0.3, 0.4) is 0 Å². The Morgan fingerprint density at radius 2 is 1.81 bits per heavy atom. The summed E-state index contributed by atoms with van der Waals surface area (Å²) in [6.07, 6.45) is 0.790. The lowest BCUT2D eigenvalue weighted by molar-refractivity contribution is -0.135. The Hall–Kier alpha value is -1.75. The lowest BCUT2D eigenvalue weighted by Gasteiger charge is -2.28. The summed E-state index contributed by atoms with van der Waals surface area (Å²) in [4.78, 5) is 24.6. The molecule has 1 amide bonds. The Balaban J connectivity index is 2.81. The number of carbonyl (C=O) groups excluding carboxylic acids is 1. The Morgan fingerprint density at radius 1 is 1.24 bits per heavy atom. The van der Waals surface area contributed by atoms with Crippen LogP contribution in [0.25, 0.3) is 0 Å². The van der Waals surface area contributed by atoms with Crippen molar-refractivity contribution >= 4 is 29.2 Å². The van der Waals surface area contributed by atoms with Crippen LogP contribution in [-0.2, 0) is 9.59 Å². The number of anilines is 1. The van der Waals surface area contributed by atoms with Crippen LogP contribution >= 0.6 is 11.6 Å². The van der Waals surface area contributed by atoms with Gasteiger partial charge in [-0.2, -0.15) is 0 Å². The monoisotopic (exact) mass is 312 g/mol. The number of halogens is 1. The zero-order valence-corrected chi connectivity index (χ0v) is 13.3. The maximum atomic E-state index is 12.1.